The number of aliphatic hydroxyl groups is 2. The van der Waals surface area contributed by atoms with Crippen molar-refractivity contribution in [3.8, 4) is 5.75 Å². The van der Waals surface area contributed by atoms with Crippen LogP contribution in [0, 0.1) is 5.92 Å². The number of anilines is 2. The molecule has 174 valence electrons. The molecule has 1 saturated heterocycles. The van der Waals surface area contributed by atoms with Gasteiger partial charge >= 0.3 is 0 Å². The number of carbonyl (C=O) groups is 1. The molecule has 0 spiro atoms. The minimum Gasteiger partial charge on any atom is -0.493 e. The summed E-state index contributed by atoms with van der Waals surface area (Å²) in [5, 5.41) is 26.1. The van der Waals surface area contributed by atoms with Gasteiger partial charge in [-0.25, -0.2) is 9.50 Å². The van der Waals surface area contributed by atoms with Crippen molar-refractivity contribution in [2.24, 2.45) is 5.92 Å². The van der Waals surface area contributed by atoms with Gasteiger partial charge in [-0.2, -0.15) is 5.10 Å². The Morgan fingerprint density at radius 2 is 2.06 bits per heavy atom. The summed E-state index contributed by atoms with van der Waals surface area (Å²) in [5.74, 6) is 0.556. The van der Waals surface area contributed by atoms with E-state index in [2.05, 4.69) is 25.2 Å². The van der Waals surface area contributed by atoms with Gasteiger partial charge in [-0.05, 0) is 24.1 Å². The van der Waals surface area contributed by atoms with Gasteiger partial charge in [-0.15, -0.1) is 0 Å². The number of amides is 1. The third-order valence-electron chi connectivity index (χ3n) is 6.32. The lowest BCUT2D eigenvalue weighted by Gasteiger charge is -2.37. The van der Waals surface area contributed by atoms with E-state index in [1.165, 1.54) is 6.20 Å². The second kappa shape index (κ2) is 9.34. The van der Waals surface area contributed by atoms with Crippen molar-refractivity contribution in [3.05, 3.63) is 47.9 Å². The Bertz CT molecular complexity index is 1140. The number of hydrogen-bond acceptors (Lipinski definition) is 8. The molecule has 1 atom stereocenters. The van der Waals surface area contributed by atoms with Crippen molar-refractivity contribution in [1.29, 1.82) is 0 Å². The van der Waals surface area contributed by atoms with Crippen LogP contribution < -0.4 is 15.0 Å². The minimum atomic E-state index is -0.278. The predicted octanol–water partition coefficient (Wildman–Crippen LogP) is 0.639. The van der Waals surface area contributed by atoms with Gasteiger partial charge in [-0.1, -0.05) is 0 Å². The van der Waals surface area contributed by atoms with E-state index in [0.717, 1.165) is 43.2 Å². The number of fused-ring (bicyclic) bond motifs is 2. The molecule has 3 N–H and O–H groups in total. The van der Waals surface area contributed by atoms with Crippen LogP contribution in [0.3, 0.4) is 0 Å². The molecule has 33 heavy (non-hydrogen) atoms. The fraction of sp³-hybridized carbons (Fsp3) is 0.435. The maximum absolute atomic E-state index is 13.2. The number of hydrogen-bond donors (Lipinski definition) is 3. The Morgan fingerprint density at radius 1 is 1.21 bits per heavy atom. The van der Waals surface area contributed by atoms with E-state index in [1.54, 1.807) is 23.0 Å². The number of nitrogens with zero attached hydrogens (tertiary/aromatic N) is 5. The number of aromatic nitrogens is 3. The first-order chi connectivity index (χ1) is 16.2. The summed E-state index contributed by atoms with van der Waals surface area (Å²) < 4.78 is 7.51. The smallest absolute Gasteiger partial charge is 0.261 e. The normalized spacial score (nSPS) is 18.7. The molecule has 2 aliphatic rings. The number of ether oxygens (including phenoxy) is 1. The van der Waals surface area contributed by atoms with Crippen molar-refractivity contribution in [1.82, 2.24) is 19.5 Å². The number of β-amino-alcohol motifs (C(OH)–C–C–N with tert-alkyl or cyclic N) is 1. The molecule has 1 fully saturated rings. The average Bonchev–Trinajstić information content (AvgIpc) is 3.28. The molecule has 0 saturated carbocycles. The zero-order chi connectivity index (χ0) is 22.8. The van der Waals surface area contributed by atoms with Crippen LogP contribution in [0.2, 0.25) is 0 Å². The van der Waals surface area contributed by atoms with E-state index in [4.69, 9.17) is 4.74 Å². The molecule has 3 aromatic rings. The lowest BCUT2D eigenvalue weighted by atomic mass is 9.96. The summed E-state index contributed by atoms with van der Waals surface area (Å²) in [4.78, 5) is 22.0. The summed E-state index contributed by atoms with van der Waals surface area (Å²) in [6, 6.07) is 5.72. The van der Waals surface area contributed by atoms with Crippen molar-refractivity contribution in [2.45, 2.75) is 6.42 Å². The van der Waals surface area contributed by atoms with Gasteiger partial charge < -0.3 is 25.2 Å². The van der Waals surface area contributed by atoms with Crippen LogP contribution in [0.4, 0.5) is 11.4 Å². The van der Waals surface area contributed by atoms with E-state index in [9.17, 15) is 15.0 Å². The first-order valence-corrected chi connectivity index (χ1v) is 11.2. The first-order valence-electron chi connectivity index (χ1n) is 11.2. The second-order valence-electron chi connectivity index (χ2n) is 8.49. The number of rotatable bonds is 6. The topological polar surface area (TPSA) is 115 Å². The molecule has 10 heteroatoms. The van der Waals surface area contributed by atoms with Crippen LogP contribution in [0.25, 0.3) is 5.65 Å². The van der Waals surface area contributed by atoms with Gasteiger partial charge in [0.2, 0.25) is 0 Å². The van der Waals surface area contributed by atoms with E-state index >= 15 is 0 Å². The van der Waals surface area contributed by atoms with Crippen LogP contribution in [0.5, 0.6) is 5.75 Å². The van der Waals surface area contributed by atoms with Gasteiger partial charge in [0.1, 0.15) is 11.3 Å². The zero-order valence-corrected chi connectivity index (χ0v) is 18.4. The Balaban J connectivity index is 1.46. The highest BCUT2D eigenvalue weighted by Crippen LogP contribution is 2.38. The number of nitrogens with one attached hydrogen (secondary N) is 1. The third kappa shape index (κ3) is 4.37. The molecule has 0 radical (unpaired) electrons. The van der Waals surface area contributed by atoms with Crippen LogP contribution in [0.15, 0.2) is 36.8 Å². The van der Waals surface area contributed by atoms with Crippen LogP contribution >= 0.6 is 0 Å². The van der Waals surface area contributed by atoms with E-state index in [0.29, 0.717) is 36.5 Å². The summed E-state index contributed by atoms with van der Waals surface area (Å²) >= 11 is 0. The lowest BCUT2D eigenvalue weighted by Crippen LogP contribution is -2.47. The summed E-state index contributed by atoms with van der Waals surface area (Å²) in [6.45, 7) is 4.56. The fourth-order valence-corrected chi connectivity index (χ4v) is 4.50. The van der Waals surface area contributed by atoms with Crippen molar-refractivity contribution < 1.29 is 19.7 Å². The molecule has 0 bridgehead atoms. The number of aliphatic hydroxyl groups excluding tert-OH is 2. The Hall–Kier alpha value is -3.21. The minimum absolute atomic E-state index is 0.0396. The van der Waals surface area contributed by atoms with Gasteiger partial charge in [0.05, 0.1) is 30.8 Å². The molecule has 0 aliphatic carbocycles. The zero-order valence-electron chi connectivity index (χ0n) is 18.4. The number of carbonyl (C=O) groups excluding carboxylic acids is 1. The Kier molecular flexibility index (Phi) is 6.12. The Morgan fingerprint density at radius 3 is 2.85 bits per heavy atom. The maximum Gasteiger partial charge on any atom is 0.261 e. The van der Waals surface area contributed by atoms with Crippen LogP contribution in [0.1, 0.15) is 15.9 Å². The van der Waals surface area contributed by atoms with Crippen molar-refractivity contribution >= 4 is 22.9 Å². The molecular weight excluding hydrogens is 424 g/mol. The molecular formula is C23H28N6O4. The van der Waals surface area contributed by atoms with E-state index in [1.807, 2.05) is 12.1 Å². The Labute approximate surface area is 191 Å². The highest BCUT2D eigenvalue weighted by molar-refractivity contribution is 6.09. The molecule has 10 nitrogen and oxygen atoms in total. The molecule has 1 aromatic carbocycles. The van der Waals surface area contributed by atoms with Gasteiger partial charge in [-0.3, -0.25) is 9.69 Å². The quantitative estimate of drug-likeness (QED) is 0.499. The van der Waals surface area contributed by atoms with Crippen molar-refractivity contribution in [3.63, 3.8) is 0 Å². The summed E-state index contributed by atoms with van der Waals surface area (Å²) in [7, 11) is 0. The fourth-order valence-electron chi connectivity index (χ4n) is 4.50. The van der Waals surface area contributed by atoms with E-state index in [-0.39, 0.29) is 25.0 Å². The highest BCUT2D eigenvalue weighted by Gasteiger charge is 2.26. The largest absolute Gasteiger partial charge is 0.493 e. The third-order valence-corrected chi connectivity index (χ3v) is 6.32. The molecule has 1 unspecified atom stereocenters. The molecule has 2 aliphatic heterocycles. The molecule has 2 aromatic heterocycles. The van der Waals surface area contributed by atoms with Crippen LogP contribution in [-0.2, 0) is 6.42 Å². The molecule has 1 amide bonds. The SMILES string of the molecule is O=C(Nc1cc2c(cc1N1CCN(CCO)CC1)OCC(CO)C2)c1cnn2cccnc12. The lowest BCUT2D eigenvalue weighted by molar-refractivity contribution is 0.102. The number of benzene rings is 1. The monoisotopic (exact) mass is 452 g/mol. The maximum atomic E-state index is 13.2. The van der Waals surface area contributed by atoms with Crippen LogP contribution in [-0.4, -0.2) is 88.2 Å². The number of piperazine rings is 1. The first kappa shape index (κ1) is 21.6. The van der Waals surface area contributed by atoms with Gasteiger partial charge in [0, 0.05) is 63.7 Å². The molecule has 4 heterocycles. The average molecular weight is 453 g/mol. The molecule has 5 rings (SSSR count). The highest BCUT2D eigenvalue weighted by atomic mass is 16.5. The summed E-state index contributed by atoms with van der Waals surface area (Å²) in [6.07, 6.45) is 5.60. The summed E-state index contributed by atoms with van der Waals surface area (Å²) in [5.41, 5.74) is 3.47. The second-order valence-corrected chi connectivity index (χ2v) is 8.49. The standard InChI is InChI=1S/C23H28N6O4/c30-9-8-27-4-6-28(7-5-27)20-12-21-17(10-16(14-31)15-33-21)11-19(20)26-23(32)18-13-25-29-3-1-2-24-22(18)29/h1-3,11-13,16,30-31H,4-10,14-15H2,(H,26,32). The predicted molar refractivity (Wildman–Crippen MR) is 123 cm³/mol. The van der Waals surface area contributed by atoms with Gasteiger partial charge in [0.25, 0.3) is 5.91 Å². The van der Waals surface area contributed by atoms with Gasteiger partial charge in [0.15, 0.2) is 5.65 Å². The van der Waals surface area contributed by atoms with Crippen molar-refractivity contribution in [2.75, 3.05) is 62.8 Å². The van der Waals surface area contributed by atoms with E-state index < -0.39 is 0 Å².